The predicted octanol–water partition coefficient (Wildman–Crippen LogP) is 6.69. The lowest BCUT2D eigenvalue weighted by molar-refractivity contribution is 0.493. The Morgan fingerprint density at radius 1 is 0.966 bits per heavy atom. The van der Waals surface area contributed by atoms with Gasteiger partial charge in [0, 0.05) is 10.6 Å². The summed E-state index contributed by atoms with van der Waals surface area (Å²) < 4.78 is 19.4. The zero-order valence-corrected chi connectivity index (χ0v) is 16.9. The molecule has 1 atom stereocenters. The van der Waals surface area contributed by atoms with Crippen LogP contribution in [0.5, 0.6) is 0 Å². The van der Waals surface area contributed by atoms with Crippen LogP contribution in [0.3, 0.4) is 0 Å². The first kappa shape index (κ1) is 19.4. The van der Waals surface area contributed by atoms with Gasteiger partial charge in [-0.05, 0) is 60.5 Å². The van der Waals surface area contributed by atoms with Crippen LogP contribution in [0.15, 0.2) is 71.1 Å². The van der Waals surface area contributed by atoms with Gasteiger partial charge < -0.3 is 9.73 Å². The van der Waals surface area contributed by atoms with Crippen molar-refractivity contribution in [3.8, 4) is 11.5 Å². The van der Waals surface area contributed by atoms with Crippen LogP contribution in [0.4, 0.5) is 10.1 Å². The monoisotopic (exact) mass is 427 g/mol. The number of aryl methyl sites for hydroxylation is 1. The van der Waals surface area contributed by atoms with Gasteiger partial charge in [0.15, 0.2) is 0 Å². The molecule has 0 saturated carbocycles. The second kappa shape index (κ2) is 8.23. The molecule has 0 fully saturated rings. The first-order valence-corrected chi connectivity index (χ1v) is 9.63. The molecule has 0 bridgehead atoms. The molecular formula is C22H16Cl2FN3O. The van der Waals surface area contributed by atoms with Crippen molar-refractivity contribution in [2.24, 2.45) is 0 Å². The van der Waals surface area contributed by atoms with E-state index in [0.29, 0.717) is 21.5 Å². The minimum atomic E-state index is -0.470. The molecule has 1 heterocycles. The number of hydrogen-bond acceptors (Lipinski definition) is 4. The van der Waals surface area contributed by atoms with E-state index in [2.05, 4.69) is 15.5 Å². The van der Waals surface area contributed by atoms with Crippen LogP contribution in [-0.4, -0.2) is 10.2 Å². The minimum Gasteiger partial charge on any atom is -0.418 e. The molecule has 3 aromatic carbocycles. The highest BCUT2D eigenvalue weighted by molar-refractivity contribution is 6.33. The lowest BCUT2D eigenvalue weighted by atomic mass is 10.1. The lowest BCUT2D eigenvalue weighted by Crippen LogP contribution is -2.13. The summed E-state index contributed by atoms with van der Waals surface area (Å²) in [6, 6.07) is 18.6. The van der Waals surface area contributed by atoms with Crippen LogP contribution >= 0.6 is 23.2 Å². The minimum absolute atomic E-state index is 0.232. The van der Waals surface area contributed by atoms with E-state index in [9.17, 15) is 4.39 Å². The van der Waals surface area contributed by atoms with Crippen LogP contribution < -0.4 is 5.32 Å². The summed E-state index contributed by atoms with van der Waals surface area (Å²) >= 11 is 12.4. The van der Waals surface area contributed by atoms with Gasteiger partial charge in [-0.3, -0.25) is 0 Å². The zero-order chi connectivity index (χ0) is 20.4. The van der Waals surface area contributed by atoms with Crippen molar-refractivity contribution in [2.75, 3.05) is 5.32 Å². The largest absolute Gasteiger partial charge is 0.418 e. The van der Waals surface area contributed by atoms with Crippen molar-refractivity contribution in [3.05, 3.63) is 99.6 Å². The number of hydrogen-bond donors (Lipinski definition) is 1. The van der Waals surface area contributed by atoms with Gasteiger partial charge in [0.2, 0.25) is 11.8 Å². The number of rotatable bonds is 5. The summed E-state index contributed by atoms with van der Waals surface area (Å²) in [5.41, 5.74) is 3.14. The summed E-state index contributed by atoms with van der Waals surface area (Å²) in [6.45, 7) is 1.97. The molecule has 29 heavy (non-hydrogen) atoms. The van der Waals surface area contributed by atoms with Crippen LogP contribution in [-0.2, 0) is 0 Å². The molecule has 7 heteroatoms. The second-order valence-corrected chi connectivity index (χ2v) is 7.41. The topological polar surface area (TPSA) is 51.0 Å². The number of aromatic nitrogens is 2. The maximum atomic E-state index is 13.6. The third kappa shape index (κ3) is 4.42. The van der Waals surface area contributed by atoms with E-state index < -0.39 is 6.04 Å². The van der Waals surface area contributed by atoms with Gasteiger partial charge >= 0.3 is 0 Å². The molecule has 1 aromatic heterocycles. The number of anilines is 1. The molecule has 4 aromatic rings. The predicted molar refractivity (Wildman–Crippen MR) is 113 cm³/mol. The van der Waals surface area contributed by atoms with E-state index in [4.69, 9.17) is 27.6 Å². The fourth-order valence-electron chi connectivity index (χ4n) is 2.92. The van der Waals surface area contributed by atoms with Gasteiger partial charge in [-0.15, -0.1) is 10.2 Å². The molecule has 146 valence electrons. The van der Waals surface area contributed by atoms with Crippen molar-refractivity contribution in [1.82, 2.24) is 10.2 Å². The molecule has 0 amide bonds. The van der Waals surface area contributed by atoms with E-state index in [1.165, 1.54) is 12.1 Å². The number of nitrogens with zero attached hydrogens (tertiary/aromatic N) is 2. The summed E-state index contributed by atoms with van der Waals surface area (Å²) in [4.78, 5) is 0. The van der Waals surface area contributed by atoms with E-state index in [1.807, 2.05) is 37.3 Å². The Hall–Kier alpha value is -2.89. The van der Waals surface area contributed by atoms with E-state index in [1.54, 1.807) is 24.3 Å². The number of nitrogens with one attached hydrogen (secondary N) is 1. The fourth-order valence-corrected chi connectivity index (χ4v) is 3.34. The van der Waals surface area contributed by atoms with Crippen LogP contribution in [0, 0.1) is 12.7 Å². The van der Waals surface area contributed by atoms with Crippen molar-refractivity contribution < 1.29 is 8.81 Å². The van der Waals surface area contributed by atoms with Crippen LogP contribution in [0.2, 0.25) is 10.0 Å². The molecule has 0 aliphatic heterocycles. The first-order valence-electron chi connectivity index (χ1n) is 8.87. The van der Waals surface area contributed by atoms with E-state index in [-0.39, 0.29) is 11.7 Å². The van der Waals surface area contributed by atoms with Crippen molar-refractivity contribution >= 4 is 28.9 Å². The SMILES string of the molecule is Cc1ccc(N[C@H](c2ccc(Cl)cc2)c2nnc(-c3cccc(F)c3)o2)c(Cl)c1. The molecule has 0 unspecified atom stereocenters. The molecule has 0 radical (unpaired) electrons. The Morgan fingerprint density at radius 3 is 2.48 bits per heavy atom. The third-order valence-electron chi connectivity index (χ3n) is 4.39. The zero-order valence-electron chi connectivity index (χ0n) is 15.4. The number of halogens is 3. The smallest absolute Gasteiger partial charge is 0.247 e. The highest BCUT2D eigenvalue weighted by Gasteiger charge is 2.22. The summed E-state index contributed by atoms with van der Waals surface area (Å²) in [5, 5.41) is 12.8. The van der Waals surface area contributed by atoms with E-state index >= 15 is 0 Å². The molecule has 0 aliphatic rings. The highest BCUT2D eigenvalue weighted by Crippen LogP contribution is 2.32. The van der Waals surface area contributed by atoms with E-state index in [0.717, 1.165) is 16.8 Å². The Morgan fingerprint density at radius 2 is 1.76 bits per heavy atom. The average Bonchev–Trinajstić information content (AvgIpc) is 3.18. The van der Waals surface area contributed by atoms with Crippen molar-refractivity contribution in [2.45, 2.75) is 13.0 Å². The Balaban J connectivity index is 1.73. The van der Waals surface area contributed by atoms with Gasteiger partial charge in [-0.25, -0.2) is 4.39 Å². The quantitative estimate of drug-likeness (QED) is 0.385. The molecule has 0 saturated heterocycles. The molecule has 0 spiro atoms. The normalized spacial score (nSPS) is 12.0. The maximum Gasteiger partial charge on any atom is 0.247 e. The van der Waals surface area contributed by atoms with Gasteiger partial charge in [0.05, 0.1) is 10.7 Å². The fraction of sp³-hybridized carbons (Fsp3) is 0.0909. The maximum absolute atomic E-state index is 13.6. The molecule has 4 rings (SSSR count). The first-order chi connectivity index (χ1) is 14.0. The third-order valence-corrected chi connectivity index (χ3v) is 4.95. The second-order valence-electron chi connectivity index (χ2n) is 6.57. The lowest BCUT2D eigenvalue weighted by Gasteiger charge is -2.18. The van der Waals surface area contributed by atoms with Crippen molar-refractivity contribution in [1.29, 1.82) is 0 Å². The Labute approximate surface area is 177 Å². The Bertz CT molecular complexity index is 1150. The molecule has 1 N–H and O–H groups in total. The van der Waals surface area contributed by atoms with Gasteiger partial charge in [-0.2, -0.15) is 0 Å². The summed E-state index contributed by atoms with van der Waals surface area (Å²) in [6.07, 6.45) is 0. The molecular weight excluding hydrogens is 412 g/mol. The molecule has 0 aliphatic carbocycles. The van der Waals surface area contributed by atoms with Crippen LogP contribution in [0.25, 0.3) is 11.5 Å². The Kier molecular flexibility index (Phi) is 5.51. The molecule has 4 nitrogen and oxygen atoms in total. The number of benzene rings is 3. The van der Waals surface area contributed by atoms with Crippen LogP contribution in [0.1, 0.15) is 23.1 Å². The summed E-state index contributed by atoms with van der Waals surface area (Å²) in [5.74, 6) is 0.180. The summed E-state index contributed by atoms with van der Waals surface area (Å²) in [7, 11) is 0. The van der Waals surface area contributed by atoms with Crippen molar-refractivity contribution in [3.63, 3.8) is 0 Å². The van der Waals surface area contributed by atoms with Gasteiger partial charge in [0.25, 0.3) is 0 Å². The standard InChI is InChI=1S/C22H16Cl2FN3O/c1-13-5-10-19(18(24)11-13)26-20(14-6-8-16(23)9-7-14)22-28-27-21(29-22)15-3-2-4-17(25)12-15/h2-12,20,26H,1H3/t20-/m1/s1. The highest BCUT2D eigenvalue weighted by atomic mass is 35.5. The average molecular weight is 428 g/mol. The van der Waals surface area contributed by atoms with Gasteiger partial charge in [-0.1, -0.05) is 47.5 Å². The van der Waals surface area contributed by atoms with Gasteiger partial charge in [0.1, 0.15) is 11.9 Å².